The second kappa shape index (κ2) is 8.44. The summed E-state index contributed by atoms with van der Waals surface area (Å²) in [6, 6.07) is 12.9. The first-order valence-electron chi connectivity index (χ1n) is 8.63. The van der Waals surface area contributed by atoms with Crippen molar-refractivity contribution in [3.05, 3.63) is 81.9 Å². The molecule has 0 saturated carbocycles. The molecule has 1 aliphatic rings. The van der Waals surface area contributed by atoms with Gasteiger partial charge < -0.3 is 4.74 Å². The molecule has 0 saturated heterocycles. The van der Waals surface area contributed by atoms with E-state index in [1.54, 1.807) is 30.3 Å². The van der Waals surface area contributed by atoms with Gasteiger partial charge >= 0.3 is 5.97 Å². The molecule has 0 fully saturated rings. The molecule has 29 heavy (non-hydrogen) atoms. The van der Waals surface area contributed by atoms with Crippen molar-refractivity contribution in [1.29, 1.82) is 0 Å². The van der Waals surface area contributed by atoms with E-state index in [0.717, 1.165) is 0 Å². The van der Waals surface area contributed by atoms with Crippen LogP contribution in [0.5, 0.6) is 0 Å². The van der Waals surface area contributed by atoms with Crippen LogP contribution in [0.2, 0.25) is 0 Å². The van der Waals surface area contributed by atoms with E-state index in [9.17, 15) is 24.5 Å². The van der Waals surface area contributed by atoms with E-state index in [1.807, 2.05) is 0 Å². The van der Waals surface area contributed by atoms with Gasteiger partial charge in [0.2, 0.25) is 0 Å². The minimum atomic E-state index is -0.975. The molecule has 1 heterocycles. The maximum Gasteiger partial charge on any atom is 0.307 e. The zero-order valence-corrected chi connectivity index (χ0v) is 15.4. The van der Waals surface area contributed by atoms with Gasteiger partial charge in [-0.1, -0.05) is 30.3 Å². The lowest BCUT2D eigenvalue weighted by molar-refractivity contribution is -0.384. The van der Waals surface area contributed by atoms with Crippen molar-refractivity contribution in [3.8, 4) is 0 Å². The van der Waals surface area contributed by atoms with Crippen LogP contribution in [-0.4, -0.2) is 40.7 Å². The fraction of sp³-hybridized carbons (Fsp3) is 0.150. The molecule has 0 unspecified atom stereocenters. The number of nitrogens with one attached hydrogen (secondary N) is 1. The van der Waals surface area contributed by atoms with Gasteiger partial charge in [-0.2, -0.15) is 0 Å². The Kier molecular flexibility index (Phi) is 5.79. The third-order valence-corrected chi connectivity index (χ3v) is 4.34. The number of nitro benzene ring substituents is 1. The number of ether oxygens (including phenoxy) is 1. The van der Waals surface area contributed by atoms with Crippen molar-refractivity contribution in [3.63, 3.8) is 0 Å². The van der Waals surface area contributed by atoms with Crippen molar-refractivity contribution in [2.24, 2.45) is 0 Å². The zero-order chi connectivity index (χ0) is 21.0. The molecule has 1 aliphatic heterocycles. The Balaban J connectivity index is 1.97. The average Bonchev–Trinajstić information content (AvgIpc) is 2.75. The molecule has 2 aromatic carbocycles. The number of carbonyl (C=O) groups excluding carboxylic acids is 3. The quantitative estimate of drug-likeness (QED) is 0.468. The van der Waals surface area contributed by atoms with Crippen LogP contribution in [0.4, 0.5) is 5.69 Å². The predicted octanol–water partition coefficient (Wildman–Crippen LogP) is 2.10. The molecule has 2 aromatic rings. The first-order chi connectivity index (χ1) is 13.9. The molecule has 148 valence electrons. The first kappa shape index (κ1) is 19.9. The lowest BCUT2D eigenvalue weighted by Gasteiger charge is -2.33. The van der Waals surface area contributed by atoms with Crippen LogP contribution in [0.3, 0.4) is 0 Å². The van der Waals surface area contributed by atoms with Gasteiger partial charge in [0, 0.05) is 23.8 Å². The van der Waals surface area contributed by atoms with E-state index in [2.05, 4.69) is 10.2 Å². The standard InChI is InChI=1S/C20H17N3O6/c1-29-19(25)11-16-18(24)12-17(13-5-3-2-4-6-13)22(21-16)20(26)14-7-9-15(10-8-14)23(27)28/h2-10,12,16,21H,11H2,1H3/t16-/m0/s1. The summed E-state index contributed by atoms with van der Waals surface area (Å²) in [4.78, 5) is 47.5. The normalized spacial score (nSPS) is 16.2. The molecular weight excluding hydrogens is 378 g/mol. The molecule has 9 heteroatoms. The molecule has 0 aliphatic carbocycles. The minimum absolute atomic E-state index is 0.147. The molecular formula is C20H17N3O6. The number of carbonyl (C=O) groups is 3. The highest BCUT2D eigenvalue weighted by Gasteiger charge is 2.33. The number of methoxy groups -OCH3 is 1. The smallest absolute Gasteiger partial charge is 0.307 e. The van der Waals surface area contributed by atoms with Gasteiger partial charge in [-0.15, -0.1) is 0 Å². The summed E-state index contributed by atoms with van der Waals surface area (Å²) in [6.07, 6.45) is 1.04. The van der Waals surface area contributed by atoms with Gasteiger partial charge in [-0.3, -0.25) is 24.5 Å². The summed E-state index contributed by atoms with van der Waals surface area (Å²) in [6.45, 7) is 0. The number of nitro groups is 1. The minimum Gasteiger partial charge on any atom is -0.469 e. The Labute approximate surface area is 165 Å². The summed E-state index contributed by atoms with van der Waals surface area (Å²) < 4.78 is 4.61. The highest BCUT2D eigenvalue weighted by Crippen LogP contribution is 2.25. The Hall–Kier alpha value is -3.85. The molecule has 1 amide bonds. The van der Waals surface area contributed by atoms with E-state index < -0.39 is 22.8 Å². The number of non-ortho nitro benzene ring substituents is 1. The Morgan fingerprint density at radius 1 is 1.14 bits per heavy atom. The lowest BCUT2D eigenvalue weighted by Crippen LogP contribution is -2.53. The van der Waals surface area contributed by atoms with Gasteiger partial charge in [0.15, 0.2) is 5.78 Å². The maximum atomic E-state index is 13.1. The third-order valence-electron chi connectivity index (χ3n) is 4.34. The van der Waals surface area contributed by atoms with Crippen LogP contribution in [-0.2, 0) is 14.3 Å². The van der Waals surface area contributed by atoms with Crippen LogP contribution < -0.4 is 5.43 Å². The van der Waals surface area contributed by atoms with Crippen LogP contribution in [0.25, 0.3) is 5.70 Å². The van der Waals surface area contributed by atoms with E-state index >= 15 is 0 Å². The van der Waals surface area contributed by atoms with E-state index in [-0.39, 0.29) is 23.5 Å². The second-order valence-electron chi connectivity index (χ2n) is 6.20. The van der Waals surface area contributed by atoms with Crippen molar-refractivity contribution >= 4 is 29.0 Å². The van der Waals surface area contributed by atoms with Crippen molar-refractivity contribution in [2.45, 2.75) is 12.5 Å². The first-order valence-corrected chi connectivity index (χ1v) is 8.63. The fourth-order valence-electron chi connectivity index (χ4n) is 2.83. The van der Waals surface area contributed by atoms with Gasteiger partial charge in [0.25, 0.3) is 11.6 Å². The van der Waals surface area contributed by atoms with E-state index in [4.69, 9.17) is 0 Å². The third kappa shape index (κ3) is 4.36. The largest absolute Gasteiger partial charge is 0.469 e. The maximum absolute atomic E-state index is 13.1. The number of amides is 1. The molecule has 0 spiro atoms. The van der Waals surface area contributed by atoms with Gasteiger partial charge in [0.1, 0.15) is 0 Å². The summed E-state index contributed by atoms with van der Waals surface area (Å²) in [7, 11) is 1.21. The summed E-state index contributed by atoms with van der Waals surface area (Å²) in [5, 5.41) is 12.0. The zero-order valence-electron chi connectivity index (χ0n) is 15.4. The molecule has 1 atom stereocenters. The van der Waals surface area contributed by atoms with Crippen molar-refractivity contribution < 1.29 is 24.0 Å². The Morgan fingerprint density at radius 3 is 2.38 bits per heavy atom. The molecule has 9 nitrogen and oxygen atoms in total. The molecule has 0 bridgehead atoms. The van der Waals surface area contributed by atoms with Crippen LogP contribution in [0.15, 0.2) is 60.7 Å². The fourth-order valence-corrected chi connectivity index (χ4v) is 2.83. The number of esters is 1. The number of hydrogen-bond donors (Lipinski definition) is 1. The molecule has 0 radical (unpaired) electrons. The summed E-state index contributed by atoms with van der Waals surface area (Å²) in [5.74, 6) is -1.51. The van der Waals surface area contributed by atoms with Crippen LogP contribution in [0, 0.1) is 10.1 Å². The second-order valence-corrected chi connectivity index (χ2v) is 6.20. The highest BCUT2D eigenvalue weighted by molar-refractivity contribution is 6.08. The van der Waals surface area contributed by atoms with Crippen LogP contribution >= 0.6 is 0 Å². The number of nitrogens with zero attached hydrogens (tertiary/aromatic N) is 2. The monoisotopic (exact) mass is 395 g/mol. The van der Waals surface area contributed by atoms with Gasteiger partial charge in [0.05, 0.1) is 30.2 Å². The summed E-state index contributed by atoms with van der Waals surface area (Å²) >= 11 is 0. The predicted molar refractivity (Wildman–Crippen MR) is 102 cm³/mol. The van der Waals surface area contributed by atoms with Gasteiger partial charge in [-0.05, 0) is 17.7 Å². The highest BCUT2D eigenvalue weighted by atomic mass is 16.6. The van der Waals surface area contributed by atoms with E-state index in [0.29, 0.717) is 11.3 Å². The lowest BCUT2D eigenvalue weighted by atomic mass is 10.0. The number of benzene rings is 2. The molecule has 3 rings (SSSR count). The van der Waals surface area contributed by atoms with E-state index in [1.165, 1.54) is 42.5 Å². The number of hydrazine groups is 1. The van der Waals surface area contributed by atoms with Gasteiger partial charge in [-0.25, -0.2) is 10.4 Å². The number of hydrogen-bond acceptors (Lipinski definition) is 7. The SMILES string of the molecule is COC(=O)C[C@@H]1NN(C(=O)c2ccc([N+](=O)[O-])cc2)C(c2ccccc2)=CC1=O. The number of ketones is 1. The molecule has 1 N–H and O–H groups in total. The molecule has 0 aromatic heterocycles. The summed E-state index contributed by atoms with van der Waals surface area (Å²) in [5.41, 5.74) is 3.73. The Morgan fingerprint density at radius 2 is 1.79 bits per heavy atom. The van der Waals surface area contributed by atoms with Crippen molar-refractivity contribution in [2.75, 3.05) is 7.11 Å². The average molecular weight is 395 g/mol. The Bertz CT molecular complexity index is 985. The van der Waals surface area contributed by atoms with Crippen molar-refractivity contribution in [1.82, 2.24) is 10.4 Å². The number of rotatable bonds is 5. The topological polar surface area (TPSA) is 119 Å². The van der Waals surface area contributed by atoms with Crippen LogP contribution in [0.1, 0.15) is 22.3 Å².